The van der Waals surface area contributed by atoms with E-state index in [-0.39, 0.29) is 12.3 Å². The molecule has 1 amide bonds. The number of benzene rings is 2. The van der Waals surface area contributed by atoms with Gasteiger partial charge >= 0.3 is 0 Å². The monoisotopic (exact) mass is 394 g/mol. The van der Waals surface area contributed by atoms with Gasteiger partial charge < -0.3 is 5.32 Å². The second-order valence-electron chi connectivity index (χ2n) is 5.88. The third-order valence-electron chi connectivity index (χ3n) is 3.69. The molecule has 1 N–H and O–H groups in total. The molecule has 138 valence electrons. The van der Waals surface area contributed by atoms with E-state index < -0.39 is 15.9 Å². The quantitative estimate of drug-likeness (QED) is 0.762. The molecule has 2 aromatic rings. The predicted octanol–water partition coefficient (Wildman–Crippen LogP) is 3.26. The summed E-state index contributed by atoms with van der Waals surface area (Å²) in [7, 11) is -3.67. The van der Waals surface area contributed by atoms with Crippen molar-refractivity contribution in [2.24, 2.45) is 0 Å². The van der Waals surface area contributed by atoms with Crippen LogP contribution in [0.5, 0.6) is 0 Å². The predicted molar refractivity (Wildman–Crippen MR) is 103 cm³/mol. The van der Waals surface area contributed by atoms with Crippen molar-refractivity contribution in [2.45, 2.75) is 13.8 Å². The lowest BCUT2D eigenvalue weighted by atomic mass is 10.1. The second-order valence-corrected chi connectivity index (χ2v) is 8.23. The summed E-state index contributed by atoms with van der Waals surface area (Å²) in [6, 6.07) is 11.1. The number of rotatable bonds is 6. The Labute approximate surface area is 157 Å². The number of nitrogens with one attached hydrogen (secondary N) is 1. The summed E-state index contributed by atoms with van der Waals surface area (Å²) in [4.78, 5) is 23.6. The molecule has 0 atom stereocenters. The van der Waals surface area contributed by atoms with Crippen molar-refractivity contribution in [1.29, 1.82) is 0 Å². The fourth-order valence-corrected chi connectivity index (χ4v) is 3.54. The van der Waals surface area contributed by atoms with Crippen molar-refractivity contribution >= 4 is 44.7 Å². The fourth-order valence-electron chi connectivity index (χ4n) is 2.40. The Morgan fingerprint density at radius 1 is 1.12 bits per heavy atom. The molecule has 2 aromatic carbocycles. The highest BCUT2D eigenvalue weighted by Crippen LogP contribution is 2.25. The van der Waals surface area contributed by atoms with Gasteiger partial charge in [-0.1, -0.05) is 11.6 Å². The molecule has 0 aliphatic heterocycles. The number of hydrogen-bond donors (Lipinski definition) is 1. The minimum Gasteiger partial charge on any atom is -0.325 e. The number of amides is 1. The lowest BCUT2D eigenvalue weighted by Gasteiger charge is -2.23. The Balaban J connectivity index is 2.20. The van der Waals surface area contributed by atoms with Crippen LogP contribution in [-0.2, 0) is 14.8 Å². The summed E-state index contributed by atoms with van der Waals surface area (Å²) in [6.45, 7) is 2.79. The second kappa shape index (κ2) is 7.88. The first-order valence-electron chi connectivity index (χ1n) is 7.72. The zero-order chi connectivity index (χ0) is 19.5. The lowest BCUT2D eigenvalue weighted by molar-refractivity contribution is -0.114. The minimum atomic E-state index is -3.67. The van der Waals surface area contributed by atoms with Gasteiger partial charge in [-0.3, -0.25) is 13.9 Å². The molecule has 0 saturated heterocycles. The van der Waals surface area contributed by atoms with Crippen molar-refractivity contribution in [3.05, 3.63) is 58.6 Å². The van der Waals surface area contributed by atoms with Crippen LogP contribution in [0.25, 0.3) is 0 Å². The van der Waals surface area contributed by atoms with Gasteiger partial charge in [0.2, 0.25) is 15.9 Å². The maximum Gasteiger partial charge on any atom is 0.245 e. The average Bonchev–Trinajstić information content (AvgIpc) is 2.53. The zero-order valence-electron chi connectivity index (χ0n) is 14.6. The number of sulfonamides is 1. The van der Waals surface area contributed by atoms with Crippen LogP contribution in [-0.4, -0.2) is 32.9 Å². The van der Waals surface area contributed by atoms with E-state index in [1.54, 1.807) is 49.4 Å². The Morgan fingerprint density at radius 2 is 1.73 bits per heavy atom. The molecule has 0 bridgehead atoms. The van der Waals surface area contributed by atoms with Gasteiger partial charge in [-0.25, -0.2) is 8.42 Å². The molecule has 0 spiro atoms. The topological polar surface area (TPSA) is 83.6 Å². The highest BCUT2D eigenvalue weighted by atomic mass is 35.5. The van der Waals surface area contributed by atoms with Crippen LogP contribution in [0.15, 0.2) is 42.5 Å². The largest absolute Gasteiger partial charge is 0.325 e. The molecule has 0 aliphatic rings. The van der Waals surface area contributed by atoms with Crippen LogP contribution in [0.4, 0.5) is 11.4 Å². The molecule has 0 aliphatic carbocycles. The minimum absolute atomic E-state index is 0.0793. The third kappa shape index (κ3) is 5.06. The molecule has 2 rings (SSSR count). The number of carbonyl (C=O) groups is 2. The summed E-state index contributed by atoms with van der Waals surface area (Å²) >= 11 is 5.91. The number of ketones is 1. The molecule has 0 radical (unpaired) electrons. The first kappa shape index (κ1) is 19.9. The zero-order valence-corrected chi connectivity index (χ0v) is 16.2. The molecular weight excluding hydrogens is 376 g/mol. The molecule has 0 saturated carbocycles. The van der Waals surface area contributed by atoms with E-state index >= 15 is 0 Å². The molecule has 26 heavy (non-hydrogen) atoms. The van der Waals surface area contributed by atoms with Gasteiger partial charge in [-0.2, -0.15) is 0 Å². The van der Waals surface area contributed by atoms with E-state index in [9.17, 15) is 18.0 Å². The van der Waals surface area contributed by atoms with Gasteiger partial charge in [0, 0.05) is 16.3 Å². The normalized spacial score (nSPS) is 11.1. The molecule has 0 fully saturated rings. The number of carbonyl (C=O) groups excluding carboxylic acids is 2. The first-order valence-corrected chi connectivity index (χ1v) is 9.95. The van der Waals surface area contributed by atoms with Crippen LogP contribution in [0.3, 0.4) is 0 Å². The summed E-state index contributed by atoms with van der Waals surface area (Å²) in [5.41, 5.74) is 2.03. The Hall–Kier alpha value is -2.38. The van der Waals surface area contributed by atoms with Crippen molar-refractivity contribution < 1.29 is 18.0 Å². The van der Waals surface area contributed by atoms with E-state index in [2.05, 4.69) is 5.32 Å². The maximum absolute atomic E-state index is 12.3. The highest BCUT2D eigenvalue weighted by molar-refractivity contribution is 7.92. The number of halogens is 1. The number of aryl methyl sites for hydroxylation is 1. The summed E-state index contributed by atoms with van der Waals surface area (Å²) in [5, 5.41) is 3.11. The molecular formula is C18H19ClN2O4S. The number of hydrogen-bond acceptors (Lipinski definition) is 4. The van der Waals surface area contributed by atoms with Crippen molar-refractivity contribution in [1.82, 2.24) is 0 Å². The van der Waals surface area contributed by atoms with Crippen LogP contribution in [0, 0.1) is 6.92 Å². The standard InChI is InChI=1S/C18H19ClN2O4S/c1-12-10-15(19)6-9-17(12)21(26(3,24)25)11-18(23)20-16-7-4-14(5-8-16)13(2)22/h4-10H,11H2,1-3H3,(H,20,23). The summed E-state index contributed by atoms with van der Waals surface area (Å²) in [6.07, 6.45) is 1.04. The first-order chi connectivity index (χ1) is 12.1. The van der Waals surface area contributed by atoms with E-state index in [4.69, 9.17) is 11.6 Å². The third-order valence-corrected chi connectivity index (χ3v) is 5.05. The van der Waals surface area contributed by atoms with Crippen molar-refractivity contribution in [2.75, 3.05) is 22.4 Å². The highest BCUT2D eigenvalue weighted by Gasteiger charge is 2.22. The van der Waals surface area contributed by atoms with Gasteiger partial charge in [0.15, 0.2) is 5.78 Å². The van der Waals surface area contributed by atoms with E-state index in [0.29, 0.717) is 27.5 Å². The van der Waals surface area contributed by atoms with E-state index in [1.165, 1.54) is 6.92 Å². The van der Waals surface area contributed by atoms with Crippen LogP contribution in [0.2, 0.25) is 5.02 Å². The SMILES string of the molecule is CC(=O)c1ccc(NC(=O)CN(c2ccc(Cl)cc2C)S(C)(=O)=O)cc1. The van der Waals surface area contributed by atoms with Crippen LogP contribution in [0.1, 0.15) is 22.8 Å². The Kier molecular flexibility index (Phi) is 6.05. The Bertz CT molecular complexity index is 940. The van der Waals surface area contributed by atoms with Crippen LogP contribution >= 0.6 is 11.6 Å². The number of Topliss-reactive ketones (excluding diaryl/α,β-unsaturated/α-hetero) is 1. The van der Waals surface area contributed by atoms with Crippen molar-refractivity contribution in [3.63, 3.8) is 0 Å². The molecule has 0 aromatic heterocycles. The molecule has 6 nitrogen and oxygen atoms in total. The maximum atomic E-state index is 12.3. The number of nitrogens with zero attached hydrogens (tertiary/aromatic N) is 1. The number of anilines is 2. The molecule has 0 heterocycles. The Morgan fingerprint density at radius 3 is 2.23 bits per heavy atom. The lowest BCUT2D eigenvalue weighted by Crippen LogP contribution is -2.37. The van der Waals surface area contributed by atoms with E-state index in [1.807, 2.05) is 0 Å². The van der Waals surface area contributed by atoms with Gasteiger partial charge in [-0.15, -0.1) is 0 Å². The van der Waals surface area contributed by atoms with Gasteiger partial charge in [0.25, 0.3) is 0 Å². The van der Waals surface area contributed by atoms with Crippen molar-refractivity contribution in [3.8, 4) is 0 Å². The fraction of sp³-hybridized carbons (Fsp3) is 0.222. The molecule has 8 heteroatoms. The summed E-state index contributed by atoms with van der Waals surface area (Å²) < 4.78 is 25.3. The van der Waals surface area contributed by atoms with Gasteiger partial charge in [0.05, 0.1) is 11.9 Å². The van der Waals surface area contributed by atoms with Gasteiger partial charge in [-0.05, 0) is 61.9 Å². The molecule has 0 unspecified atom stereocenters. The van der Waals surface area contributed by atoms with Crippen LogP contribution < -0.4 is 9.62 Å². The van der Waals surface area contributed by atoms with E-state index in [0.717, 1.165) is 10.6 Å². The average molecular weight is 395 g/mol. The van der Waals surface area contributed by atoms with Gasteiger partial charge in [0.1, 0.15) is 6.54 Å². The smallest absolute Gasteiger partial charge is 0.245 e. The summed E-state index contributed by atoms with van der Waals surface area (Å²) in [5.74, 6) is -0.579.